The summed E-state index contributed by atoms with van der Waals surface area (Å²) in [4.78, 5) is 12.1. The van der Waals surface area contributed by atoms with Gasteiger partial charge < -0.3 is 10.1 Å². The molecule has 2 aromatic carbocycles. The summed E-state index contributed by atoms with van der Waals surface area (Å²) in [6.45, 7) is 2.53. The Kier molecular flexibility index (Phi) is 5.98. The lowest BCUT2D eigenvalue weighted by atomic mass is 9.87. The molecule has 2 aromatic rings. The number of benzene rings is 2. The number of amides is 1. The molecule has 0 saturated heterocycles. The van der Waals surface area contributed by atoms with E-state index in [2.05, 4.69) is 11.4 Å². The molecule has 1 heterocycles. The smallest absolute Gasteiger partial charge is 0.225 e. The van der Waals surface area contributed by atoms with Crippen molar-refractivity contribution in [2.45, 2.75) is 19.3 Å². The number of hydrogen-bond acceptors (Lipinski definition) is 4. The van der Waals surface area contributed by atoms with Crippen LogP contribution in [0.5, 0.6) is 5.75 Å². The van der Waals surface area contributed by atoms with Crippen molar-refractivity contribution in [3.05, 3.63) is 76.3 Å². The fraction of sp³-hybridized carbons (Fsp3) is 0.238. The maximum Gasteiger partial charge on any atom is 0.225 e. The van der Waals surface area contributed by atoms with Gasteiger partial charge in [-0.3, -0.25) is 4.79 Å². The Hall–Kier alpha value is -2.71. The first-order chi connectivity index (χ1) is 12.7. The van der Waals surface area contributed by atoms with E-state index in [4.69, 9.17) is 4.74 Å². The molecular weight excluding hydrogens is 344 g/mol. The number of ether oxygens (including phenoxy) is 1. The lowest BCUT2D eigenvalue weighted by Crippen LogP contribution is -2.31. The Bertz CT molecular complexity index is 839. The highest BCUT2D eigenvalue weighted by molar-refractivity contribution is 8.03. The highest BCUT2D eigenvalue weighted by Gasteiger charge is 2.29. The van der Waals surface area contributed by atoms with Crippen molar-refractivity contribution in [3.8, 4) is 11.8 Å². The van der Waals surface area contributed by atoms with Gasteiger partial charge in [0.25, 0.3) is 0 Å². The molecule has 0 unspecified atom stereocenters. The average Bonchev–Trinajstić information content (AvgIpc) is 2.67. The SMILES string of the molecule is Cc1ccc(OCCSC2=C(C#N)[C@H](c3ccccc3)CC(=O)N2)cc1. The Morgan fingerprint density at radius 2 is 1.92 bits per heavy atom. The van der Waals surface area contributed by atoms with Crippen LogP contribution in [0.25, 0.3) is 0 Å². The molecule has 1 aliphatic rings. The van der Waals surface area contributed by atoms with Crippen LogP contribution in [-0.2, 0) is 4.79 Å². The summed E-state index contributed by atoms with van der Waals surface area (Å²) in [6.07, 6.45) is 0.302. The number of carbonyl (C=O) groups is 1. The Morgan fingerprint density at radius 1 is 1.19 bits per heavy atom. The number of allylic oxidation sites excluding steroid dienone is 1. The maximum absolute atomic E-state index is 12.1. The van der Waals surface area contributed by atoms with Gasteiger partial charge >= 0.3 is 0 Å². The summed E-state index contributed by atoms with van der Waals surface area (Å²) in [6, 6.07) is 19.9. The third kappa shape index (κ3) is 4.47. The van der Waals surface area contributed by atoms with Gasteiger partial charge in [-0.1, -0.05) is 48.0 Å². The molecule has 132 valence electrons. The lowest BCUT2D eigenvalue weighted by Gasteiger charge is -2.25. The van der Waals surface area contributed by atoms with Crippen LogP contribution in [0.4, 0.5) is 0 Å². The number of nitriles is 1. The number of thioether (sulfide) groups is 1. The van der Waals surface area contributed by atoms with Gasteiger partial charge in [0, 0.05) is 18.1 Å². The van der Waals surface area contributed by atoms with Gasteiger partial charge in [-0.05, 0) is 24.6 Å². The fourth-order valence-corrected chi connectivity index (χ4v) is 3.74. The van der Waals surface area contributed by atoms with Crippen molar-refractivity contribution >= 4 is 17.7 Å². The predicted molar refractivity (Wildman–Crippen MR) is 104 cm³/mol. The zero-order valence-corrected chi connectivity index (χ0v) is 15.4. The first kappa shape index (κ1) is 18.1. The summed E-state index contributed by atoms with van der Waals surface area (Å²) in [5.74, 6) is 1.23. The van der Waals surface area contributed by atoms with Gasteiger partial charge in [-0.15, -0.1) is 11.8 Å². The van der Waals surface area contributed by atoms with E-state index in [-0.39, 0.29) is 11.8 Å². The van der Waals surface area contributed by atoms with Crippen LogP contribution in [0.3, 0.4) is 0 Å². The summed E-state index contributed by atoms with van der Waals surface area (Å²) >= 11 is 1.45. The van der Waals surface area contributed by atoms with E-state index < -0.39 is 0 Å². The van der Waals surface area contributed by atoms with Gasteiger partial charge in [-0.25, -0.2) is 0 Å². The lowest BCUT2D eigenvalue weighted by molar-refractivity contribution is -0.120. The Balaban J connectivity index is 1.66. The van der Waals surface area contributed by atoms with Crippen molar-refractivity contribution in [2.24, 2.45) is 0 Å². The fourth-order valence-electron chi connectivity index (χ4n) is 2.84. The molecule has 0 radical (unpaired) electrons. The first-order valence-electron chi connectivity index (χ1n) is 8.48. The molecule has 4 nitrogen and oxygen atoms in total. The van der Waals surface area contributed by atoms with Crippen LogP contribution in [0.2, 0.25) is 0 Å². The summed E-state index contributed by atoms with van der Waals surface area (Å²) in [7, 11) is 0. The second kappa shape index (κ2) is 8.59. The molecule has 0 aliphatic carbocycles. The van der Waals surface area contributed by atoms with Gasteiger partial charge in [0.15, 0.2) is 0 Å². The summed E-state index contributed by atoms with van der Waals surface area (Å²) < 4.78 is 5.72. The van der Waals surface area contributed by atoms with Crippen molar-refractivity contribution in [2.75, 3.05) is 12.4 Å². The number of rotatable bonds is 6. The number of carbonyl (C=O) groups excluding carboxylic acids is 1. The molecule has 5 heteroatoms. The number of aryl methyl sites for hydroxylation is 1. The summed E-state index contributed by atoms with van der Waals surface area (Å²) in [5.41, 5.74) is 2.80. The predicted octanol–water partition coefficient (Wildman–Crippen LogP) is 4.15. The van der Waals surface area contributed by atoms with Gasteiger partial charge in [-0.2, -0.15) is 5.26 Å². The van der Waals surface area contributed by atoms with Crippen LogP contribution >= 0.6 is 11.8 Å². The molecule has 1 amide bonds. The number of nitrogens with zero attached hydrogens (tertiary/aromatic N) is 1. The quantitative estimate of drug-likeness (QED) is 0.782. The molecule has 3 rings (SSSR count). The molecule has 26 heavy (non-hydrogen) atoms. The average molecular weight is 364 g/mol. The molecule has 0 spiro atoms. The standard InChI is InChI=1S/C21H20N2O2S/c1-15-7-9-17(10-8-15)25-11-12-26-21-19(14-22)18(13-20(24)23-21)16-5-3-2-4-6-16/h2-10,18H,11-13H2,1H3,(H,23,24)/t18-/m0/s1. The highest BCUT2D eigenvalue weighted by Crippen LogP contribution is 2.35. The zero-order chi connectivity index (χ0) is 18.4. The second-order valence-corrected chi connectivity index (χ2v) is 7.19. The zero-order valence-electron chi connectivity index (χ0n) is 14.6. The number of hydrogen-bond donors (Lipinski definition) is 1. The third-order valence-electron chi connectivity index (χ3n) is 4.18. The van der Waals surface area contributed by atoms with E-state index >= 15 is 0 Å². The van der Waals surface area contributed by atoms with Gasteiger partial charge in [0.05, 0.1) is 23.3 Å². The second-order valence-electron chi connectivity index (χ2n) is 6.08. The molecule has 1 N–H and O–H groups in total. The normalized spacial score (nSPS) is 16.8. The van der Waals surface area contributed by atoms with Crippen molar-refractivity contribution < 1.29 is 9.53 Å². The topological polar surface area (TPSA) is 62.1 Å². The van der Waals surface area contributed by atoms with Crippen LogP contribution in [0, 0.1) is 18.3 Å². The molecule has 0 aromatic heterocycles. The molecule has 1 atom stereocenters. The van der Waals surface area contributed by atoms with Crippen LogP contribution in [0.15, 0.2) is 65.2 Å². The Morgan fingerprint density at radius 3 is 2.62 bits per heavy atom. The molecule has 0 saturated carbocycles. The minimum atomic E-state index is -0.185. The maximum atomic E-state index is 12.1. The third-order valence-corrected chi connectivity index (χ3v) is 5.16. The van der Waals surface area contributed by atoms with Gasteiger partial charge in [0.1, 0.15) is 5.75 Å². The number of nitrogens with one attached hydrogen (secondary N) is 1. The largest absolute Gasteiger partial charge is 0.493 e. The van der Waals surface area contributed by atoms with E-state index in [1.807, 2.05) is 61.5 Å². The molecule has 1 aliphatic heterocycles. The Labute approximate surface area is 157 Å². The van der Waals surface area contributed by atoms with Gasteiger partial charge in [0.2, 0.25) is 5.91 Å². The van der Waals surface area contributed by atoms with E-state index in [1.165, 1.54) is 17.3 Å². The van der Waals surface area contributed by atoms with Crippen LogP contribution < -0.4 is 10.1 Å². The van der Waals surface area contributed by atoms with E-state index in [0.717, 1.165) is 11.3 Å². The molecule has 0 fully saturated rings. The monoisotopic (exact) mass is 364 g/mol. The summed E-state index contributed by atoms with van der Waals surface area (Å²) in [5, 5.41) is 13.1. The highest BCUT2D eigenvalue weighted by atomic mass is 32.2. The minimum absolute atomic E-state index is 0.0557. The van der Waals surface area contributed by atoms with Crippen LogP contribution in [0.1, 0.15) is 23.5 Å². The van der Waals surface area contributed by atoms with Crippen molar-refractivity contribution in [3.63, 3.8) is 0 Å². The molecule has 0 bridgehead atoms. The van der Waals surface area contributed by atoms with Crippen molar-refractivity contribution in [1.29, 1.82) is 5.26 Å². The van der Waals surface area contributed by atoms with Crippen molar-refractivity contribution in [1.82, 2.24) is 5.32 Å². The van der Waals surface area contributed by atoms with Crippen LogP contribution in [-0.4, -0.2) is 18.3 Å². The minimum Gasteiger partial charge on any atom is -0.493 e. The molecular formula is C21H20N2O2S. The van der Waals surface area contributed by atoms with E-state index in [0.29, 0.717) is 29.4 Å². The first-order valence-corrected chi connectivity index (χ1v) is 9.47. The van der Waals surface area contributed by atoms with E-state index in [9.17, 15) is 10.1 Å². The van der Waals surface area contributed by atoms with E-state index in [1.54, 1.807) is 0 Å².